The van der Waals surface area contributed by atoms with Crippen LogP contribution in [0.1, 0.15) is 20.3 Å². The number of carbonyl (C=O) groups is 1. The maximum atomic E-state index is 10.8. The first-order valence-electron chi connectivity index (χ1n) is 3.37. The van der Waals surface area contributed by atoms with E-state index in [0.29, 0.717) is 12.2 Å². The number of hydrogen-bond donors (Lipinski definition) is 0. The molecule has 0 rings (SSSR count). The molecule has 0 aromatic heterocycles. The second-order valence-electron chi connectivity index (χ2n) is 1.95. The van der Waals surface area contributed by atoms with Gasteiger partial charge in [0.1, 0.15) is 0 Å². The van der Waals surface area contributed by atoms with Crippen molar-refractivity contribution < 1.29 is 9.53 Å². The summed E-state index contributed by atoms with van der Waals surface area (Å²) in [6.07, 6.45) is 2.49. The highest BCUT2D eigenvalue weighted by atomic mass is 16.5. The zero-order valence-electron chi connectivity index (χ0n) is 6.52. The quantitative estimate of drug-likeness (QED) is 0.442. The number of allylic oxidation sites excluding steroid dienone is 1. The molecule has 0 aliphatic heterocycles. The molecule has 0 N–H and O–H groups in total. The van der Waals surface area contributed by atoms with Crippen LogP contribution < -0.4 is 0 Å². The lowest BCUT2D eigenvalue weighted by Crippen LogP contribution is -2.05. The van der Waals surface area contributed by atoms with Crippen molar-refractivity contribution in [1.29, 1.82) is 0 Å². The molecule has 0 unspecified atom stereocenters. The normalized spacial score (nSPS) is 11.3. The zero-order chi connectivity index (χ0) is 7.98. The fourth-order valence-corrected chi connectivity index (χ4v) is 0.405. The Morgan fingerprint density at radius 2 is 2.30 bits per heavy atom. The van der Waals surface area contributed by atoms with Gasteiger partial charge in [0.25, 0.3) is 0 Å². The van der Waals surface area contributed by atoms with E-state index in [1.54, 1.807) is 13.0 Å². The molecule has 2 nitrogen and oxygen atoms in total. The second-order valence-corrected chi connectivity index (χ2v) is 1.95. The second kappa shape index (κ2) is 5.03. The Morgan fingerprint density at radius 3 is 2.70 bits per heavy atom. The lowest BCUT2D eigenvalue weighted by atomic mass is 10.3. The lowest BCUT2D eigenvalue weighted by Gasteiger charge is -2.00. The summed E-state index contributed by atoms with van der Waals surface area (Å²) in [6, 6.07) is 0. The van der Waals surface area contributed by atoms with Gasteiger partial charge in [-0.25, -0.2) is 4.79 Å². The molecule has 2 heteroatoms. The molecule has 0 saturated heterocycles. The van der Waals surface area contributed by atoms with Gasteiger partial charge < -0.3 is 4.74 Å². The van der Waals surface area contributed by atoms with E-state index in [2.05, 4.69) is 6.92 Å². The Labute approximate surface area is 61.9 Å². The van der Waals surface area contributed by atoms with Crippen LogP contribution in [0.25, 0.3) is 0 Å². The molecule has 0 aromatic carbocycles. The summed E-state index contributed by atoms with van der Waals surface area (Å²) in [4.78, 5) is 10.8. The van der Waals surface area contributed by atoms with Gasteiger partial charge in [0.05, 0.1) is 6.61 Å². The van der Waals surface area contributed by atoms with Gasteiger partial charge >= 0.3 is 5.97 Å². The van der Waals surface area contributed by atoms with E-state index < -0.39 is 0 Å². The van der Waals surface area contributed by atoms with Crippen LogP contribution in [0.4, 0.5) is 0 Å². The predicted octanol–water partition coefficient (Wildman–Crippen LogP) is 1.72. The summed E-state index contributed by atoms with van der Waals surface area (Å²) >= 11 is 0. The molecule has 0 aliphatic rings. The van der Waals surface area contributed by atoms with E-state index in [4.69, 9.17) is 4.74 Å². The fourth-order valence-electron chi connectivity index (χ4n) is 0.405. The number of hydrogen-bond acceptors (Lipinski definition) is 2. The Bertz CT molecular complexity index is 136. The predicted molar refractivity (Wildman–Crippen MR) is 40.4 cm³/mol. The van der Waals surface area contributed by atoms with Crippen molar-refractivity contribution in [3.63, 3.8) is 0 Å². The topological polar surface area (TPSA) is 26.3 Å². The summed E-state index contributed by atoms with van der Waals surface area (Å²) in [7, 11) is 0. The molecule has 0 saturated carbocycles. The van der Waals surface area contributed by atoms with Crippen molar-refractivity contribution >= 4 is 5.97 Å². The van der Waals surface area contributed by atoms with E-state index in [1.807, 2.05) is 6.92 Å². The van der Waals surface area contributed by atoms with Gasteiger partial charge in [-0.3, -0.25) is 0 Å². The van der Waals surface area contributed by atoms with Crippen LogP contribution >= 0.6 is 0 Å². The van der Waals surface area contributed by atoms with Crippen molar-refractivity contribution in [3.05, 3.63) is 18.6 Å². The Hall–Kier alpha value is -0.790. The molecule has 0 fully saturated rings. The molecule has 0 aromatic rings. The van der Waals surface area contributed by atoms with E-state index in [0.717, 1.165) is 6.42 Å². The van der Waals surface area contributed by atoms with E-state index in [-0.39, 0.29) is 5.97 Å². The van der Waals surface area contributed by atoms with Crippen molar-refractivity contribution in [2.75, 3.05) is 6.61 Å². The molecule has 1 radical (unpaired) electrons. The van der Waals surface area contributed by atoms with Crippen LogP contribution in [-0.4, -0.2) is 12.6 Å². The number of esters is 1. The van der Waals surface area contributed by atoms with Gasteiger partial charge in [0.2, 0.25) is 0 Å². The Kier molecular flexibility index (Phi) is 4.63. The van der Waals surface area contributed by atoms with Gasteiger partial charge in [-0.2, -0.15) is 0 Å². The molecular formula is C8H13O2. The molecule has 0 spiro atoms. The largest absolute Gasteiger partial charge is 0.462 e. The monoisotopic (exact) mass is 141 g/mol. The minimum absolute atomic E-state index is 0.315. The third kappa shape index (κ3) is 3.28. The highest BCUT2D eigenvalue weighted by Crippen LogP contribution is 1.95. The van der Waals surface area contributed by atoms with Crippen LogP contribution in [0.15, 0.2) is 11.6 Å². The first kappa shape index (κ1) is 9.21. The average Bonchev–Trinajstić information content (AvgIpc) is 1.98. The summed E-state index contributed by atoms with van der Waals surface area (Å²) in [5, 5.41) is 0. The zero-order valence-corrected chi connectivity index (χ0v) is 6.52. The average molecular weight is 141 g/mol. The van der Waals surface area contributed by atoms with Crippen molar-refractivity contribution in [2.45, 2.75) is 20.3 Å². The molecule has 0 amide bonds. The molecular weight excluding hydrogens is 128 g/mol. The van der Waals surface area contributed by atoms with Gasteiger partial charge in [-0.15, -0.1) is 0 Å². The SMILES string of the molecule is [CH2]C(=CC)C(=O)OCCC. The highest BCUT2D eigenvalue weighted by Gasteiger charge is 2.01. The molecule has 0 bridgehead atoms. The highest BCUT2D eigenvalue weighted by molar-refractivity contribution is 5.89. The van der Waals surface area contributed by atoms with Gasteiger partial charge in [-0.1, -0.05) is 13.0 Å². The van der Waals surface area contributed by atoms with E-state index in [9.17, 15) is 4.79 Å². The first-order valence-corrected chi connectivity index (χ1v) is 3.37. The van der Waals surface area contributed by atoms with Gasteiger partial charge in [0.15, 0.2) is 0 Å². The first-order chi connectivity index (χ1) is 4.72. The molecule has 0 heterocycles. The van der Waals surface area contributed by atoms with Crippen LogP contribution in [0.3, 0.4) is 0 Å². The summed E-state index contributed by atoms with van der Waals surface area (Å²) in [5.41, 5.74) is 0.424. The van der Waals surface area contributed by atoms with Gasteiger partial charge in [0, 0.05) is 5.57 Å². The minimum atomic E-state index is -0.315. The van der Waals surface area contributed by atoms with Crippen molar-refractivity contribution in [2.24, 2.45) is 0 Å². The third-order valence-electron chi connectivity index (χ3n) is 1.05. The van der Waals surface area contributed by atoms with Crippen molar-refractivity contribution in [3.8, 4) is 0 Å². The summed E-state index contributed by atoms with van der Waals surface area (Å²) in [5.74, 6) is -0.315. The number of ether oxygens (including phenoxy) is 1. The van der Waals surface area contributed by atoms with Crippen LogP contribution in [0.2, 0.25) is 0 Å². The maximum absolute atomic E-state index is 10.8. The summed E-state index contributed by atoms with van der Waals surface area (Å²) in [6.45, 7) is 7.68. The van der Waals surface area contributed by atoms with Crippen molar-refractivity contribution in [1.82, 2.24) is 0 Å². The lowest BCUT2D eigenvalue weighted by molar-refractivity contribution is -0.138. The Balaban J connectivity index is 3.63. The standard InChI is InChI=1S/C8H13O2/c1-4-6-10-8(9)7(3)5-2/h5H,3-4,6H2,1-2H3. The van der Waals surface area contributed by atoms with Crippen LogP contribution in [-0.2, 0) is 9.53 Å². The third-order valence-corrected chi connectivity index (χ3v) is 1.05. The smallest absolute Gasteiger partial charge is 0.333 e. The fraction of sp³-hybridized carbons (Fsp3) is 0.500. The number of rotatable bonds is 3. The summed E-state index contributed by atoms with van der Waals surface area (Å²) < 4.78 is 4.77. The molecule has 0 atom stereocenters. The van der Waals surface area contributed by atoms with E-state index in [1.165, 1.54) is 0 Å². The molecule has 57 valence electrons. The maximum Gasteiger partial charge on any atom is 0.333 e. The van der Waals surface area contributed by atoms with Crippen LogP contribution in [0, 0.1) is 6.92 Å². The van der Waals surface area contributed by atoms with Crippen LogP contribution in [0.5, 0.6) is 0 Å². The molecule has 0 aliphatic carbocycles. The minimum Gasteiger partial charge on any atom is -0.462 e. The number of carbonyl (C=O) groups excluding carboxylic acids is 1. The Morgan fingerprint density at radius 1 is 1.70 bits per heavy atom. The van der Waals surface area contributed by atoms with Gasteiger partial charge in [-0.05, 0) is 20.3 Å². The molecule has 10 heavy (non-hydrogen) atoms. The van der Waals surface area contributed by atoms with E-state index >= 15 is 0 Å².